The molecule has 1 aliphatic heterocycles. The molecule has 0 unspecified atom stereocenters. The van der Waals surface area contributed by atoms with Crippen molar-refractivity contribution in [2.45, 2.75) is 13.3 Å². The topological polar surface area (TPSA) is 38.4 Å². The molecule has 1 heterocycles. The zero-order chi connectivity index (χ0) is 10.1. The molecule has 1 aromatic rings. The van der Waals surface area contributed by atoms with Crippen molar-refractivity contribution in [3.05, 3.63) is 39.9 Å². The van der Waals surface area contributed by atoms with Gasteiger partial charge < -0.3 is 5.73 Å². The summed E-state index contributed by atoms with van der Waals surface area (Å²) >= 11 is 3.50. The van der Waals surface area contributed by atoms with Crippen LogP contribution in [0.4, 0.5) is 0 Å². The average Bonchev–Trinajstić information content (AvgIpc) is 2.57. The highest BCUT2D eigenvalue weighted by Gasteiger charge is 2.08. The van der Waals surface area contributed by atoms with E-state index in [1.54, 1.807) is 0 Å². The van der Waals surface area contributed by atoms with E-state index >= 15 is 0 Å². The lowest BCUT2D eigenvalue weighted by atomic mass is 10.1. The second kappa shape index (κ2) is 3.58. The van der Waals surface area contributed by atoms with E-state index in [1.807, 2.05) is 6.08 Å². The van der Waals surface area contributed by atoms with Gasteiger partial charge >= 0.3 is 0 Å². The zero-order valence-electron chi connectivity index (χ0n) is 7.92. The first kappa shape index (κ1) is 9.46. The molecule has 0 bridgehead atoms. The predicted molar refractivity (Wildman–Crippen MR) is 63.1 cm³/mol. The Hall–Kier alpha value is -1.09. The number of nitrogens with two attached hydrogens (primary N) is 1. The maximum atomic E-state index is 5.62. The van der Waals surface area contributed by atoms with Crippen LogP contribution in [0.3, 0.4) is 0 Å². The van der Waals surface area contributed by atoms with E-state index in [4.69, 9.17) is 5.73 Å². The minimum atomic E-state index is 0.691. The fourth-order valence-corrected chi connectivity index (χ4v) is 1.76. The number of benzene rings is 1. The first-order chi connectivity index (χ1) is 6.66. The third-order valence-corrected chi connectivity index (χ3v) is 3.09. The average molecular weight is 251 g/mol. The van der Waals surface area contributed by atoms with Crippen LogP contribution in [0.25, 0.3) is 5.70 Å². The van der Waals surface area contributed by atoms with E-state index in [2.05, 4.69) is 46.0 Å². The summed E-state index contributed by atoms with van der Waals surface area (Å²) < 4.78 is 1.11. The Bertz CT molecular complexity index is 433. The van der Waals surface area contributed by atoms with Crippen LogP contribution in [0.5, 0.6) is 0 Å². The SMILES string of the molecule is Cc1ccc(C2=CCC(N)=N2)cc1Br. The van der Waals surface area contributed by atoms with Crippen LogP contribution in [0.15, 0.2) is 33.7 Å². The minimum absolute atomic E-state index is 0.691. The molecule has 0 aliphatic carbocycles. The molecule has 0 saturated heterocycles. The van der Waals surface area contributed by atoms with Crippen LogP contribution in [-0.2, 0) is 0 Å². The molecule has 1 aliphatic rings. The van der Waals surface area contributed by atoms with Crippen LogP contribution in [-0.4, -0.2) is 5.84 Å². The van der Waals surface area contributed by atoms with E-state index in [1.165, 1.54) is 5.56 Å². The zero-order valence-corrected chi connectivity index (χ0v) is 9.51. The molecular formula is C11H11BrN2. The van der Waals surface area contributed by atoms with Gasteiger partial charge in [-0.05, 0) is 18.6 Å². The highest BCUT2D eigenvalue weighted by Crippen LogP contribution is 2.25. The summed E-state index contributed by atoms with van der Waals surface area (Å²) in [6, 6.07) is 6.21. The van der Waals surface area contributed by atoms with E-state index in [0.29, 0.717) is 5.84 Å². The van der Waals surface area contributed by atoms with Gasteiger partial charge in [0.25, 0.3) is 0 Å². The molecule has 0 spiro atoms. The molecule has 2 N–H and O–H groups in total. The first-order valence-electron chi connectivity index (χ1n) is 4.46. The predicted octanol–water partition coefficient (Wildman–Crippen LogP) is 2.86. The number of halogens is 1. The summed E-state index contributed by atoms with van der Waals surface area (Å²) in [4.78, 5) is 4.26. The Balaban J connectivity index is 2.39. The molecule has 0 radical (unpaired) electrons. The van der Waals surface area contributed by atoms with Crippen molar-refractivity contribution in [3.8, 4) is 0 Å². The molecule has 0 fully saturated rings. The summed E-state index contributed by atoms with van der Waals surface area (Å²) in [5.41, 5.74) is 8.93. The van der Waals surface area contributed by atoms with Gasteiger partial charge in [0.1, 0.15) is 5.84 Å². The number of aryl methyl sites for hydroxylation is 1. The second-order valence-corrected chi connectivity index (χ2v) is 4.21. The Labute approximate surface area is 91.7 Å². The lowest BCUT2D eigenvalue weighted by molar-refractivity contribution is 1.40. The number of nitrogens with zero attached hydrogens (tertiary/aromatic N) is 1. The van der Waals surface area contributed by atoms with Crippen molar-refractivity contribution in [1.82, 2.24) is 0 Å². The van der Waals surface area contributed by atoms with Gasteiger partial charge in [0.05, 0.1) is 5.70 Å². The van der Waals surface area contributed by atoms with Gasteiger partial charge in [-0.2, -0.15) is 0 Å². The largest absolute Gasteiger partial charge is 0.387 e. The lowest BCUT2D eigenvalue weighted by Gasteiger charge is -2.02. The maximum Gasteiger partial charge on any atom is 0.104 e. The van der Waals surface area contributed by atoms with Gasteiger partial charge in [-0.25, -0.2) is 4.99 Å². The second-order valence-electron chi connectivity index (χ2n) is 3.36. The molecule has 3 heteroatoms. The maximum absolute atomic E-state index is 5.62. The fourth-order valence-electron chi connectivity index (χ4n) is 1.38. The van der Waals surface area contributed by atoms with Gasteiger partial charge in [0.2, 0.25) is 0 Å². The van der Waals surface area contributed by atoms with Crippen LogP contribution >= 0.6 is 15.9 Å². The van der Waals surface area contributed by atoms with Crippen LogP contribution in [0, 0.1) is 6.92 Å². The highest BCUT2D eigenvalue weighted by atomic mass is 79.9. The van der Waals surface area contributed by atoms with Crippen molar-refractivity contribution in [2.75, 3.05) is 0 Å². The highest BCUT2D eigenvalue weighted by molar-refractivity contribution is 9.10. The van der Waals surface area contributed by atoms with Crippen LogP contribution in [0.2, 0.25) is 0 Å². The van der Waals surface area contributed by atoms with Crippen LogP contribution < -0.4 is 5.73 Å². The number of aliphatic imine (C=N–C) groups is 1. The molecule has 0 aromatic heterocycles. The molecule has 2 rings (SSSR count). The Kier molecular flexibility index (Phi) is 2.42. The molecule has 1 aromatic carbocycles. The van der Waals surface area contributed by atoms with E-state index in [9.17, 15) is 0 Å². The molecule has 2 nitrogen and oxygen atoms in total. The summed E-state index contributed by atoms with van der Waals surface area (Å²) in [6.07, 6.45) is 2.81. The molecular weight excluding hydrogens is 240 g/mol. The minimum Gasteiger partial charge on any atom is -0.387 e. The molecule has 72 valence electrons. The standard InChI is InChI=1S/C11H11BrN2/c1-7-2-3-8(6-9(7)12)10-4-5-11(13)14-10/h2-4,6H,5H2,1H3,(H2,13,14). The Morgan fingerprint density at radius 2 is 2.21 bits per heavy atom. The third kappa shape index (κ3) is 1.73. The quantitative estimate of drug-likeness (QED) is 0.818. The van der Waals surface area contributed by atoms with Crippen molar-refractivity contribution in [1.29, 1.82) is 0 Å². The molecule has 0 saturated carbocycles. The first-order valence-corrected chi connectivity index (χ1v) is 5.26. The van der Waals surface area contributed by atoms with Gasteiger partial charge in [0, 0.05) is 16.5 Å². The van der Waals surface area contributed by atoms with Crippen molar-refractivity contribution in [3.63, 3.8) is 0 Å². The Morgan fingerprint density at radius 3 is 2.79 bits per heavy atom. The molecule has 0 atom stereocenters. The number of amidine groups is 1. The lowest BCUT2D eigenvalue weighted by Crippen LogP contribution is -2.06. The molecule has 14 heavy (non-hydrogen) atoms. The summed E-state index contributed by atoms with van der Waals surface area (Å²) in [5.74, 6) is 0.691. The van der Waals surface area contributed by atoms with Gasteiger partial charge in [-0.3, -0.25) is 0 Å². The number of hydrogen-bond donors (Lipinski definition) is 1. The monoisotopic (exact) mass is 250 g/mol. The van der Waals surface area contributed by atoms with Gasteiger partial charge in [-0.15, -0.1) is 0 Å². The number of hydrogen-bond acceptors (Lipinski definition) is 2. The van der Waals surface area contributed by atoms with E-state index < -0.39 is 0 Å². The van der Waals surface area contributed by atoms with Crippen LogP contribution in [0.1, 0.15) is 17.5 Å². The van der Waals surface area contributed by atoms with Crippen molar-refractivity contribution >= 4 is 27.5 Å². The summed E-state index contributed by atoms with van der Waals surface area (Å²) in [6.45, 7) is 2.06. The summed E-state index contributed by atoms with van der Waals surface area (Å²) in [7, 11) is 0. The normalized spacial score (nSPS) is 15.3. The summed E-state index contributed by atoms with van der Waals surface area (Å²) in [5, 5.41) is 0. The smallest absolute Gasteiger partial charge is 0.104 e. The Morgan fingerprint density at radius 1 is 1.43 bits per heavy atom. The van der Waals surface area contributed by atoms with E-state index in [-0.39, 0.29) is 0 Å². The van der Waals surface area contributed by atoms with E-state index in [0.717, 1.165) is 22.2 Å². The molecule has 0 amide bonds. The number of rotatable bonds is 1. The van der Waals surface area contributed by atoms with Crippen molar-refractivity contribution in [2.24, 2.45) is 10.7 Å². The fraction of sp³-hybridized carbons (Fsp3) is 0.182. The third-order valence-electron chi connectivity index (χ3n) is 2.24. The van der Waals surface area contributed by atoms with Gasteiger partial charge in [-0.1, -0.05) is 34.1 Å². The van der Waals surface area contributed by atoms with Crippen molar-refractivity contribution < 1.29 is 0 Å². The van der Waals surface area contributed by atoms with Gasteiger partial charge in [0.15, 0.2) is 0 Å².